The van der Waals surface area contributed by atoms with E-state index in [9.17, 15) is 24.5 Å². The van der Waals surface area contributed by atoms with Crippen molar-refractivity contribution in [3.8, 4) is 5.88 Å². The van der Waals surface area contributed by atoms with Gasteiger partial charge in [-0.2, -0.15) is 4.98 Å². The van der Waals surface area contributed by atoms with Gasteiger partial charge in [0.25, 0.3) is 11.6 Å². The Kier molecular flexibility index (Phi) is 6.72. The van der Waals surface area contributed by atoms with Crippen LogP contribution in [-0.4, -0.2) is 58.8 Å². The molecule has 3 unspecified atom stereocenters. The van der Waals surface area contributed by atoms with Crippen molar-refractivity contribution in [3.63, 3.8) is 0 Å². The summed E-state index contributed by atoms with van der Waals surface area (Å²) in [7, 11) is 1.55. The summed E-state index contributed by atoms with van der Waals surface area (Å²) in [5.74, 6) is -0.971. The first-order chi connectivity index (χ1) is 19.6. The highest BCUT2D eigenvalue weighted by molar-refractivity contribution is 9.10. The Hall–Kier alpha value is -3.98. The van der Waals surface area contributed by atoms with Gasteiger partial charge in [0.15, 0.2) is 10.4 Å². The maximum Gasteiger partial charge on any atom is 0.355 e. The van der Waals surface area contributed by atoms with Crippen LogP contribution in [0.5, 0.6) is 5.88 Å². The van der Waals surface area contributed by atoms with Crippen molar-refractivity contribution < 1.29 is 33.5 Å². The summed E-state index contributed by atoms with van der Waals surface area (Å²) in [4.78, 5) is 59.5. The molecule has 3 aliphatic rings. The topological polar surface area (TPSA) is 155 Å². The molecule has 0 saturated carbocycles. The zero-order chi connectivity index (χ0) is 29.1. The Morgan fingerprint density at radius 3 is 2.71 bits per heavy atom. The third-order valence-electron chi connectivity index (χ3n) is 7.21. The number of benzene rings is 1. The van der Waals surface area contributed by atoms with Crippen LogP contribution in [0.4, 0.5) is 5.69 Å². The molecule has 2 aromatic heterocycles. The summed E-state index contributed by atoms with van der Waals surface area (Å²) in [6, 6.07) is 5.61. The monoisotopic (exact) mass is 643 g/mol. The predicted octanol–water partition coefficient (Wildman–Crippen LogP) is 3.37. The standard InChI is InChI=1S/C26H22BrN5O8S/c1-13(33)40-20(17-10-30-18-5-3-4-16(18)21(38-2)29-25(30)28-17)26(27)23(35)31-19(12-41-24(26)31)22(34)39-11-14-6-8-15(9-7-14)32(36)37/h6-10,12,20,24H,3-5,11H2,1-2H3. The molecule has 0 N–H and O–H groups in total. The van der Waals surface area contributed by atoms with Crippen LogP contribution in [0.2, 0.25) is 0 Å². The number of amides is 1. The molecule has 212 valence electrons. The quantitative estimate of drug-likeness (QED) is 0.117. The maximum absolute atomic E-state index is 13.6. The summed E-state index contributed by atoms with van der Waals surface area (Å²) in [6.07, 6.45) is 3.18. The van der Waals surface area contributed by atoms with Crippen molar-refractivity contribution in [2.75, 3.05) is 7.11 Å². The van der Waals surface area contributed by atoms with Crippen molar-refractivity contribution in [1.82, 2.24) is 19.3 Å². The normalized spacial score (nSPS) is 21.5. The van der Waals surface area contributed by atoms with Gasteiger partial charge in [0.05, 0.1) is 12.0 Å². The molecule has 0 spiro atoms. The number of hydrogen-bond acceptors (Lipinski definition) is 11. The molecular weight excluding hydrogens is 622 g/mol. The number of carbonyl (C=O) groups is 3. The minimum Gasteiger partial charge on any atom is -0.481 e. The van der Waals surface area contributed by atoms with E-state index in [1.54, 1.807) is 13.3 Å². The highest BCUT2D eigenvalue weighted by Crippen LogP contribution is 2.58. The van der Waals surface area contributed by atoms with Crippen LogP contribution in [0.15, 0.2) is 41.6 Å². The van der Waals surface area contributed by atoms with Crippen molar-refractivity contribution >= 4 is 57.0 Å². The lowest BCUT2D eigenvalue weighted by Gasteiger charge is -2.51. The van der Waals surface area contributed by atoms with E-state index in [1.165, 1.54) is 53.3 Å². The zero-order valence-corrected chi connectivity index (χ0v) is 24.1. The fourth-order valence-electron chi connectivity index (χ4n) is 5.30. The van der Waals surface area contributed by atoms with Crippen LogP contribution in [-0.2, 0) is 43.3 Å². The molecule has 3 atom stereocenters. The molecule has 41 heavy (non-hydrogen) atoms. The number of non-ortho nitro benzene ring substituents is 1. The van der Waals surface area contributed by atoms with Crippen molar-refractivity contribution in [1.29, 1.82) is 0 Å². The number of imidazole rings is 1. The van der Waals surface area contributed by atoms with Crippen LogP contribution in [0, 0.1) is 10.1 Å². The zero-order valence-electron chi connectivity index (χ0n) is 21.7. The second kappa shape index (κ2) is 10.1. The molecule has 3 aromatic rings. The average Bonchev–Trinajstić information content (AvgIpc) is 3.70. The Morgan fingerprint density at radius 2 is 2.02 bits per heavy atom. The van der Waals surface area contributed by atoms with E-state index in [4.69, 9.17) is 14.2 Å². The van der Waals surface area contributed by atoms with Gasteiger partial charge in [-0.3, -0.25) is 29.0 Å². The number of β-lactam (4-membered cyclic amide) rings is 1. The lowest BCUT2D eigenvalue weighted by Crippen LogP contribution is -2.70. The highest BCUT2D eigenvalue weighted by atomic mass is 79.9. The molecule has 1 fully saturated rings. The average molecular weight is 644 g/mol. The van der Waals surface area contributed by atoms with Crippen molar-refractivity contribution in [2.24, 2.45) is 0 Å². The first-order valence-electron chi connectivity index (χ1n) is 12.5. The van der Waals surface area contributed by atoms with Gasteiger partial charge in [0.2, 0.25) is 11.7 Å². The molecule has 6 rings (SSSR count). The summed E-state index contributed by atoms with van der Waals surface area (Å²) in [5.41, 5.74) is 2.85. The lowest BCUT2D eigenvalue weighted by atomic mass is 9.89. The van der Waals surface area contributed by atoms with Crippen molar-refractivity contribution in [3.05, 3.63) is 74.2 Å². The molecule has 1 aliphatic carbocycles. The Labute approximate surface area is 245 Å². The minimum absolute atomic E-state index is 0.0442. The smallest absolute Gasteiger partial charge is 0.355 e. The van der Waals surface area contributed by atoms with E-state index in [2.05, 4.69) is 25.9 Å². The van der Waals surface area contributed by atoms with E-state index in [-0.39, 0.29) is 18.0 Å². The number of aromatic nitrogens is 3. The maximum atomic E-state index is 13.6. The van der Waals surface area contributed by atoms with Gasteiger partial charge in [-0.15, -0.1) is 11.8 Å². The SMILES string of the molecule is COc1nc2nc(C(OC(C)=O)C3(Br)C(=O)N4C(C(=O)OCc5ccc([N+](=O)[O-])cc5)=CSC43)cn2c2c1CCC2. The van der Waals surface area contributed by atoms with E-state index >= 15 is 0 Å². The number of thioether (sulfide) groups is 1. The van der Waals surface area contributed by atoms with Crippen LogP contribution < -0.4 is 4.74 Å². The summed E-state index contributed by atoms with van der Waals surface area (Å²) in [5, 5.41) is 11.8. The van der Waals surface area contributed by atoms with Gasteiger partial charge in [-0.1, -0.05) is 15.9 Å². The summed E-state index contributed by atoms with van der Waals surface area (Å²) >= 11 is 4.77. The largest absolute Gasteiger partial charge is 0.481 e. The second-order valence-electron chi connectivity index (χ2n) is 9.66. The molecule has 1 aromatic carbocycles. The number of halogens is 1. The van der Waals surface area contributed by atoms with Crippen LogP contribution in [0.3, 0.4) is 0 Å². The number of nitrogens with zero attached hydrogens (tertiary/aromatic N) is 5. The number of fused-ring (bicyclic) bond motifs is 4. The number of aryl methyl sites for hydroxylation is 1. The minimum atomic E-state index is -1.41. The highest BCUT2D eigenvalue weighted by Gasteiger charge is 2.69. The molecule has 1 amide bonds. The number of carbonyl (C=O) groups excluding carboxylic acids is 3. The van der Waals surface area contributed by atoms with Crippen LogP contribution >= 0.6 is 27.7 Å². The number of esters is 2. The molecular formula is C26H22BrN5O8S. The third-order valence-corrected chi connectivity index (χ3v) is 9.90. The van der Waals surface area contributed by atoms with Gasteiger partial charge in [-0.25, -0.2) is 9.78 Å². The number of nitro groups is 1. The number of rotatable bonds is 8. The number of hydrogen-bond donors (Lipinski definition) is 0. The van der Waals surface area contributed by atoms with Gasteiger partial charge >= 0.3 is 11.9 Å². The van der Waals surface area contributed by atoms with Gasteiger partial charge < -0.3 is 14.2 Å². The van der Waals surface area contributed by atoms with Gasteiger partial charge in [0, 0.05) is 41.9 Å². The van der Waals surface area contributed by atoms with E-state index < -0.39 is 38.6 Å². The Balaban J connectivity index is 1.23. The first kappa shape index (κ1) is 27.2. The molecule has 15 heteroatoms. The molecule has 0 radical (unpaired) electrons. The fraction of sp³-hybridized carbons (Fsp3) is 0.346. The molecule has 0 bridgehead atoms. The van der Waals surface area contributed by atoms with E-state index in [0.29, 0.717) is 22.9 Å². The third kappa shape index (κ3) is 4.34. The number of ether oxygens (including phenoxy) is 3. The van der Waals surface area contributed by atoms with Gasteiger partial charge in [-0.05, 0) is 37.0 Å². The predicted molar refractivity (Wildman–Crippen MR) is 147 cm³/mol. The fourth-order valence-corrected chi connectivity index (χ4v) is 7.56. The number of nitro benzene ring substituents is 1. The Morgan fingerprint density at radius 1 is 1.27 bits per heavy atom. The van der Waals surface area contributed by atoms with Crippen molar-refractivity contribution in [2.45, 2.75) is 48.6 Å². The number of methoxy groups -OCH3 is 1. The first-order valence-corrected chi connectivity index (χ1v) is 14.3. The van der Waals surface area contributed by atoms with Gasteiger partial charge in [0.1, 0.15) is 23.4 Å². The van der Waals surface area contributed by atoms with E-state index in [1.807, 2.05) is 4.40 Å². The Bertz CT molecular complexity index is 1660. The summed E-state index contributed by atoms with van der Waals surface area (Å²) < 4.78 is 17.0. The summed E-state index contributed by atoms with van der Waals surface area (Å²) in [6.45, 7) is 1.11. The molecule has 2 aliphatic heterocycles. The molecule has 1 saturated heterocycles. The second-order valence-corrected chi connectivity index (χ2v) is 11.9. The lowest BCUT2D eigenvalue weighted by molar-refractivity contribution is -0.384. The van der Waals surface area contributed by atoms with Crippen LogP contribution in [0.1, 0.15) is 42.0 Å². The number of alkyl halides is 1. The van der Waals surface area contributed by atoms with Crippen LogP contribution in [0.25, 0.3) is 5.78 Å². The van der Waals surface area contributed by atoms with E-state index in [0.717, 1.165) is 30.5 Å². The molecule has 4 heterocycles. The molecule has 13 nitrogen and oxygen atoms in total.